The minimum absolute atomic E-state index is 0. The molecule has 0 aliphatic heterocycles. The van der Waals surface area contributed by atoms with Gasteiger partial charge in [0.2, 0.25) is 0 Å². The van der Waals surface area contributed by atoms with Crippen molar-refractivity contribution in [3.8, 4) is 5.95 Å². The minimum atomic E-state index is -0.230. The van der Waals surface area contributed by atoms with Crippen LogP contribution in [-0.4, -0.2) is 11.4 Å². The fourth-order valence-corrected chi connectivity index (χ4v) is 0.406. The van der Waals surface area contributed by atoms with Crippen molar-refractivity contribution in [3.63, 3.8) is 0 Å². The van der Waals surface area contributed by atoms with Gasteiger partial charge >= 0.3 is 29.6 Å². The van der Waals surface area contributed by atoms with Gasteiger partial charge in [0.1, 0.15) is 0 Å². The molecule has 0 spiro atoms. The number of carbonyl (C=O) groups is 1. The number of rotatable bonds is 1. The summed E-state index contributed by atoms with van der Waals surface area (Å²) in [5.74, 6) is -0.0883. The zero-order chi connectivity index (χ0) is 5.98. The Labute approximate surface area is 86.1 Å². The SMILES string of the molecule is O=Cc1ccc(O)o1.[Cl-].[Na+]. The molecule has 1 rings (SSSR count). The fraction of sp³-hybridized carbons (Fsp3) is 0. The van der Waals surface area contributed by atoms with Crippen LogP contribution in [0.3, 0.4) is 0 Å². The topological polar surface area (TPSA) is 50.4 Å². The third-order valence-corrected chi connectivity index (χ3v) is 0.729. The van der Waals surface area contributed by atoms with E-state index in [-0.39, 0.29) is 53.7 Å². The average Bonchev–Trinajstić information content (AvgIpc) is 2.14. The molecule has 10 heavy (non-hydrogen) atoms. The molecule has 0 saturated carbocycles. The second-order valence-electron chi connectivity index (χ2n) is 1.29. The monoisotopic (exact) mass is 170 g/mol. The number of halogens is 1. The predicted molar refractivity (Wildman–Crippen MR) is 25.8 cm³/mol. The molecular weight excluding hydrogens is 166 g/mol. The molecule has 1 heterocycles. The van der Waals surface area contributed by atoms with Gasteiger partial charge in [-0.3, -0.25) is 4.79 Å². The second kappa shape index (κ2) is 5.80. The largest absolute Gasteiger partial charge is 1.00 e. The van der Waals surface area contributed by atoms with Gasteiger partial charge in [-0.1, -0.05) is 0 Å². The maximum atomic E-state index is 9.81. The molecule has 1 aromatic heterocycles. The molecule has 0 amide bonds. The van der Waals surface area contributed by atoms with Crippen molar-refractivity contribution in [2.45, 2.75) is 0 Å². The van der Waals surface area contributed by atoms with E-state index in [4.69, 9.17) is 5.11 Å². The van der Waals surface area contributed by atoms with Crippen LogP contribution >= 0.6 is 0 Å². The first-order valence-electron chi connectivity index (χ1n) is 2.07. The summed E-state index contributed by atoms with van der Waals surface area (Å²) < 4.78 is 4.42. The summed E-state index contributed by atoms with van der Waals surface area (Å²) in [7, 11) is 0. The van der Waals surface area contributed by atoms with Crippen LogP contribution in [0.5, 0.6) is 5.95 Å². The Morgan fingerprint density at radius 2 is 2.10 bits per heavy atom. The summed E-state index contributed by atoms with van der Waals surface area (Å²) in [5, 5.41) is 8.46. The number of aromatic hydroxyl groups is 1. The molecule has 3 nitrogen and oxygen atoms in total. The molecule has 0 aliphatic carbocycles. The molecule has 0 atom stereocenters. The summed E-state index contributed by atoms with van der Waals surface area (Å²) in [5.41, 5.74) is 0. The summed E-state index contributed by atoms with van der Waals surface area (Å²) in [6.45, 7) is 0. The second-order valence-corrected chi connectivity index (χ2v) is 1.29. The number of carbonyl (C=O) groups excluding carboxylic acids is 1. The summed E-state index contributed by atoms with van der Waals surface area (Å²) >= 11 is 0. The molecule has 0 unspecified atom stereocenters. The van der Waals surface area contributed by atoms with Crippen LogP contribution < -0.4 is 42.0 Å². The van der Waals surface area contributed by atoms with Crippen molar-refractivity contribution in [3.05, 3.63) is 17.9 Å². The Morgan fingerprint density at radius 1 is 1.50 bits per heavy atom. The Balaban J connectivity index is 0. The third-order valence-electron chi connectivity index (χ3n) is 0.729. The first kappa shape index (κ1) is 12.7. The molecule has 0 saturated heterocycles. The van der Waals surface area contributed by atoms with Crippen LogP contribution in [0.2, 0.25) is 0 Å². The standard InChI is InChI=1S/C5H4O3.ClH.Na/c6-3-4-1-2-5(7)8-4;;/h1-3,7H;1H;/q;;+1/p-1. The maximum Gasteiger partial charge on any atom is 1.00 e. The molecule has 0 fully saturated rings. The van der Waals surface area contributed by atoms with Gasteiger partial charge in [-0.2, -0.15) is 0 Å². The zero-order valence-corrected chi connectivity index (χ0v) is 8.13. The van der Waals surface area contributed by atoms with Crippen molar-refractivity contribution in [2.24, 2.45) is 0 Å². The normalized spacial score (nSPS) is 7.20. The van der Waals surface area contributed by atoms with Gasteiger partial charge in [0.15, 0.2) is 12.0 Å². The van der Waals surface area contributed by atoms with Crippen molar-refractivity contribution in [2.75, 3.05) is 0 Å². The first-order chi connectivity index (χ1) is 3.83. The predicted octanol–water partition coefficient (Wildman–Crippen LogP) is -5.19. The summed E-state index contributed by atoms with van der Waals surface area (Å²) in [6.07, 6.45) is 0.527. The van der Waals surface area contributed by atoms with E-state index in [1.54, 1.807) is 0 Å². The molecule has 0 radical (unpaired) electrons. The van der Waals surface area contributed by atoms with Crippen LogP contribution in [0.4, 0.5) is 0 Å². The molecule has 50 valence electrons. The van der Waals surface area contributed by atoms with Crippen LogP contribution in [0.1, 0.15) is 10.6 Å². The van der Waals surface area contributed by atoms with E-state index >= 15 is 0 Å². The van der Waals surface area contributed by atoms with Crippen LogP contribution in [0.15, 0.2) is 16.5 Å². The van der Waals surface area contributed by atoms with Crippen LogP contribution in [0, 0.1) is 0 Å². The van der Waals surface area contributed by atoms with Crippen molar-refractivity contribution in [1.82, 2.24) is 0 Å². The number of hydrogen-bond acceptors (Lipinski definition) is 3. The van der Waals surface area contributed by atoms with Gasteiger partial charge < -0.3 is 21.9 Å². The zero-order valence-electron chi connectivity index (χ0n) is 5.37. The molecule has 1 N–H and O–H groups in total. The Morgan fingerprint density at radius 3 is 2.30 bits per heavy atom. The van der Waals surface area contributed by atoms with Crippen molar-refractivity contribution in [1.29, 1.82) is 0 Å². The van der Waals surface area contributed by atoms with E-state index in [1.165, 1.54) is 12.1 Å². The third kappa shape index (κ3) is 3.27. The van der Waals surface area contributed by atoms with Gasteiger partial charge in [-0.25, -0.2) is 0 Å². The van der Waals surface area contributed by atoms with E-state index in [2.05, 4.69) is 4.42 Å². The van der Waals surface area contributed by atoms with Gasteiger partial charge in [0.25, 0.3) is 5.95 Å². The van der Waals surface area contributed by atoms with Gasteiger partial charge in [0, 0.05) is 6.07 Å². The number of hydrogen-bond donors (Lipinski definition) is 1. The van der Waals surface area contributed by atoms with Gasteiger partial charge in [-0.05, 0) is 6.07 Å². The van der Waals surface area contributed by atoms with E-state index in [1.807, 2.05) is 0 Å². The number of furan rings is 1. The minimum Gasteiger partial charge on any atom is -1.00 e. The van der Waals surface area contributed by atoms with Crippen molar-refractivity contribution < 1.29 is 56.3 Å². The van der Waals surface area contributed by atoms with Crippen molar-refractivity contribution >= 4 is 6.29 Å². The van der Waals surface area contributed by atoms with E-state index in [0.717, 1.165) is 0 Å². The summed E-state index contributed by atoms with van der Waals surface area (Å²) in [4.78, 5) is 9.81. The van der Waals surface area contributed by atoms with E-state index in [9.17, 15) is 4.79 Å². The smallest absolute Gasteiger partial charge is 1.00 e. The average molecular weight is 171 g/mol. The van der Waals surface area contributed by atoms with E-state index in [0.29, 0.717) is 6.29 Å². The summed E-state index contributed by atoms with van der Waals surface area (Å²) in [6, 6.07) is 2.70. The Kier molecular flexibility index (Phi) is 7.36. The molecular formula is C5H4ClNaO3. The fourth-order valence-electron chi connectivity index (χ4n) is 0.406. The van der Waals surface area contributed by atoms with Crippen LogP contribution in [0.25, 0.3) is 0 Å². The van der Waals surface area contributed by atoms with Crippen LogP contribution in [-0.2, 0) is 0 Å². The quantitative estimate of drug-likeness (QED) is 0.339. The Hall–Kier alpha value is 0.0400. The first-order valence-corrected chi connectivity index (χ1v) is 2.07. The molecule has 0 aliphatic rings. The molecule has 5 heteroatoms. The molecule has 0 aromatic carbocycles. The molecule has 1 aromatic rings. The van der Waals surface area contributed by atoms with Gasteiger partial charge in [-0.15, -0.1) is 0 Å². The molecule has 0 bridgehead atoms. The maximum absolute atomic E-state index is 9.81. The Bertz CT molecular complexity index is 199. The van der Waals surface area contributed by atoms with Gasteiger partial charge in [0.05, 0.1) is 0 Å². The number of aldehydes is 1. The van der Waals surface area contributed by atoms with E-state index < -0.39 is 0 Å².